The second-order valence-corrected chi connectivity index (χ2v) is 10.3. The highest BCUT2D eigenvalue weighted by atomic mass is 35.5. The number of hydrogen-bond donors (Lipinski definition) is 1. The average Bonchev–Trinajstić information content (AvgIpc) is 3.37. The Hall–Kier alpha value is -3.93. The van der Waals surface area contributed by atoms with Gasteiger partial charge < -0.3 is 14.8 Å². The molecule has 4 aromatic rings. The minimum absolute atomic E-state index is 0.0694. The van der Waals surface area contributed by atoms with Crippen molar-refractivity contribution in [2.45, 2.75) is 11.7 Å². The van der Waals surface area contributed by atoms with E-state index in [-0.39, 0.29) is 34.7 Å². The zero-order chi connectivity index (χ0) is 28.1. The van der Waals surface area contributed by atoms with Crippen molar-refractivity contribution in [1.29, 1.82) is 0 Å². The molecule has 0 aliphatic heterocycles. The maximum absolute atomic E-state index is 13.5. The van der Waals surface area contributed by atoms with Crippen LogP contribution in [0.4, 0.5) is 5.69 Å². The molecule has 0 fully saturated rings. The van der Waals surface area contributed by atoms with Crippen LogP contribution in [0.3, 0.4) is 0 Å². The summed E-state index contributed by atoms with van der Waals surface area (Å²) >= 11 is 8.40. The van der Waals surface area contributed by atoms with E-state index in [9.17, 15) is 19.2 Å². The molecule has 2 heterocycles. The summed E-state index contributed by atoms with van der Waals surface area (Å²) in [5, 5.41) is 5.90. The number of amides is 1. The summed E-state index contributed by atoms with van der Waals surface area (Å²) in [5.41, 5.74) is 1.64. The van der Waals surface area contributed by atoms with Crippen molar-refractivity contribution in [3.63, 3.8) is 0 Å². The Morgan fingerprint density at radius 2 is 1.85 bits per heavy atom. The van der Waals surface area contributed by atoms with Crippen LogP contribution < -0.4 is 10.9 Å². The molecule has 1 amide bonds. The summed E-state index contributed by atoms with van der Waals surface area (Å²) < 4.78 is 11.0. The molecule has 0 aliphatic carbocycles. The van der Waals surface area contributed by atoms with Crippen molar-refractivity contribution in [1.82, 2.24) is 9.55 Å². The number of hydrogen-bond acceptors (Lipinski definition) is 9. The number of thiophene rings is 1. The topological polar surface area (TPSA) is 117 Å². The normalized spacial score (nSPS) is 10.7. The van der Waals surface area contributed by atoms with Gasteiger partial charge in [0.05, 0.1) is 42.2 Å². The highest BCUT2D eigenvalue weighted by molar-refractivity contribution is 7.99. The van der Waals surface area contributed by atoms with Crippen molar-refractivity contribution in [3.05, 3.63) is 87.0 Å². The fraction of sp³-hybridized carbons (Fsp3) is 0.148. The Balaban J connectivity index is 1.62. The lowest BCUT2D eigenvalue weighted by atomic mass is 10.1. The number of aromatic nitrogens is 2. The van der Waals surface area contributed by atoms with Gasteiger partial charge in [0, 0.05) is 22.5 Å². The Morgan fingerprint density at radius 3 is 2.51 bits per heavy atom. The molecule has 0 aliphatic rings. The largest absolute Gasteiger partial charge is 0.465 e. The van der Waals surface area contributed by atoms with Gasteiger partial charge in [-0.1, -0.05) is 41.6 Å². The first-order valence-corrected chi connectivity index (χ1v) is 13.6. The van der Waals surface area contributed by atoms with E-state index in [1.807, 2.05) is 17.5 Å². The SMILES string of the molecule is C=CCn1c(SCC(=O)Nc2cc(C(=O)OC)ccc2C(=O)OC)nc2scc(-c3ccc(Cl)cc3)c2c1=O. The number of benzene rings is 2. The average molecular weight is 584 g/mol. The van der Waals surface area contributed by atoms with Crippen LogP contribution in [0.1, 0.15) is 20.7 Å². The van der Waals surface area contributed by atoms with Gasteiger partial charge in [0.15, 0.2) is 5.16 Å². The van der Waals surface area contributed by atoms with E-state index in [0.717, 1.165) is 22.9 Å². The number of fused-ring (bicyclic) bond motifs is 1. The smallest absolute Gasteiger partial charge is 0.339 e. The van der Waals surface area contributed by atoms with Crippen LogP contribution in [0, 0.1) is 0 Å². The number of anilines is 1. The summed E-state index contributed by atoms with van der Waals surface area (Å²) in [7, 11) is 2.44. The van der Waals surface area contributed by atoms with E-state index < -0.39 is 17.8 Å². The fourth-order valence-corrected chi connectivity index (χ4v) is 5.67. The number of carbonyl (C=O) groups excluding carboxylic acids is 3. The number of allylic oxidation sites excluding steroid dienone is 1. The Morgan fingerprint density at radius 1 is 1.13 bits per heavy atom. The lowest BCUT2D eigenvalue weighted by Gasteiger charge is -2.13. The molecule has 9 nitrogen and oxygen atoms in total. The Labute approximate surface area is 236 Å². The van der Waals surface area contributed by atoms with Crippen LogP contribution in [0.5, 0.6) is 0 Å². The third-order valence-electron chi connectivity index (χ3n) is 5.58. The maximum atomic E-state index is 13.5. The predicted octanol–water partition coefficient (Wildman–Crippen LogP) is 5.27. The number of halogens is 1. The third-order valence-corrected chi connectivity index (χ3v) is 7.68. The summed E-state index contributed by atoms with van der Waals surface area (Å²) in [5.74, 6) is -1.93. The van der Waals surface area contributed by atoms with Crippen LogP contribution in [-0.2, 0) is 20.8 Å². The summed E-state index contributed by atoms with van der Waals surface area (Å²) in [6.45, 7) is 3.93. The first-order valence-electron chi connectivity index (χ1n) is 11.4. The molecule has 0 atom stereocenters. The van der Waals surface area contributed by atoms with Gasteiger partial charge in [0.1, 0.15) is 4.83 Å². The van der Waals surface area contributed by atoms with E-state index in [0.29, 0.717) is 20.4 Å². The second-order valence-electron chi connectivity index (χ2n) is 8.02. The number of nitrogens with one attached hydrogen (secondary N) is 1. The monoisotopic (exact) mass is 583 g/mol. The molecule has 0 unspecified atom stereocenters. The quantitative estimate of drug-likeness (QED) is 0.123. The predicted molar refractivity (Wildman–Crippen MR) is 153 cm³/mol. The Kier molecular flexibility index (Phi) is 8.85. The number of carbonyl (C=O) groups is 3. The molecular formula is C27H22ClN3O6S2. The van der Waals surface area contributed by atoms with Crippen molar-refractivity contribution in [3.8, 4) is 11.1 Å². The van der Waals surface area contributed by atoms with E-state index in [1.165, 1.54) is 48.3 Å². The summed E-state index contributed by atoms with van der Waals surface area (Å²) in [4.78, 5) is 55.7. The van der Waals surface area contributed by atoms with Crippen molar-refractivity contribution in [2.24, 2.45) is 0 Å². The van der Waals surface area contributed by atoms with Gasteiger partial charge in [-0.05, 0) is 35.9 Å². The molecule has 0 saturated heterocycles. The van der Waals surface area contributed by atoms with E-state index >= 15 is 0 Å². The zero-order valence-corrected chi connectivity index (χ0v) is 23.2. The lowest BCUT2D eigenvalue weighted by molar-refractivity contribution is -0.113. The number of esters is 2. The maximum Gasteiger partial charge on any atom is 0.339 e. The molecule has 0 saturated carbocycles. The third kappa shape index (κ3) is 6.06. The first kappa shape index (κ1) is 28.1. The van der Waals surface area contributed by atoms with Crippen LogP contribution >= 0.6 is 34.7 Å². The van der Waals surface area contributed by atoms with Gasteiger partial charge in [-0.25, -0.2) is 14.6 Å². The minimum atomic E-state index is -0.685. The van der Waals surface area contributed by atoms with Crippen molar-refractivity contribution < 1.29 is 23.9 Å². The molecule has 12 heteroatoms. The van der Waals surface area contributed by atoms with Gasteiger partial charge in [-0.2, -0.15) is 0 Å². The molecule has 0 spiro atoms. The number of rotatable bonds is 9. The molecule has 0 radical (unpaired) electrons. The fourth-order valence-electron chi connectivity index (χ4n) is 3.74. The number of ether oxygens (including phenoxy) is 2. The van der Waals surface area contributed by atoms with Crippen LogP contribution in [-0.4, -0.2) is 47.4 Å². The van der Waals surface area contributed by atoms with Crippen molar-refractivity contribution in [2.75, 3.05) is 25.3 Å². The van der Waals surface area contributed by atoms with Gasteiger partial charge in [-0.3, -0.25) is 14.2 Å². The second kappa shape index (κ2) is 12.3. The molecule has 4 rings (SSSR count). The van der Waals surface area contributed by atoms with Crippen molar-refractivity contribution >= 4 is 68.4 Å². The van der Waals surface area contributed by atoms with E-state index in [1.54, 1.807) is 18.2 Å². The van der Waals surface area contributed by atoms with Gasteiger partial charge >= 0.3 is 11.9 Å². The van der Waals surface area contributed by atoms with E-state index in [2.05, 4.69) is 16.9 Å². The standard InChI is InChI=1S/C27H22ClN3O6S2/c1-4-11-31-24(33)22-19(15-5-8-17(28)9-6-15)13-38-23(22)30-27(31)39-14-21(32)29-20-12-16(25(34)36-2)7-10-18(20)26(35)37-3/h4-10,12-13H,1,11,14H2,2-3H3,(H,29,32). The molecule has 1 N–H and O–H groups in total. The number of methoxy groups -OCH3 is 2. The molecule has 200 valence electrons. The molecular weight excluding hydrogens is 562 g/mol. The first-order chi connectivity index (χ1) is 18.8. The summed E-state index contributed by atoms with van der Waals surface area (Å²) in [6, 6.07) is 11.3. The van der Waals surface area contributed by atoms with Gasteiger partial charge in [0.2, 0.25) is 5.91 Å². The Bertz CT molecular complexity index is 1650. The van der Waals surface area contributed by atoms with Crippen LogP contribution in [0.15, 0.2) is 70.5 Å². The molecule has 2 aromatic carbocycles. The molecule has 2 aromatic heterocycles. The van der Waals surface area contributed by atoms with Gasteiger partial charge in [-0.15, -0.1) is 17.9 Å². The number of nitrogens with zero attached hydrogens (tertiary/aromatic N) is 2. The summed E-state index contributed by atoms with van der Waals surface area (Å²) in [6.07, 6.45) is 1.58. The van der Waals surface area contributed by atoms with E-state index in [4.69, 9.17) is 21.1 Å². The minimum Gasteiger partial charge on any atom is -0.465 e. The molecule has 0 bridgehead atoms. The highest BCUT2D eigenvalue weighted by Crippen LogP contribution is 2.33. The lowest BCUT2D eigenvalue weighted by Crippen LogP contribution is -2.24. The number of thioether (sulfide) groups is 1. The van der Waals surface area contributed by atoms with Crippen LogP contribution in [0.25, 0.3) is 21.3 Å². The van der Waals surface area contributed by atoms with Gasteiger partial charge in [0.25, 0.3) is 5.56 Å². The molecule has 39 heavy (non-hydrogen) atoms. The zero-order valence-electron chi connectivity index (χ0n) is 20.9. The highest BCUT2D eigenvalue weighted by Gasteiger charge is 2.20. The van der Waals surface area contributed by atoms with Crippen LogP contribution in [0.2, 0.25) is 5.02 Å².